The number of aromatic hydroxyl groups is 1. The second kappa shape index (κ2) is 5.79. The second-order valence-corrected chi connectivity index (χ2v) is 7.85. The highest BCUT2D eigenvalue weighted by atomic mass is 35.5. The summed E-state index contributed by atoms with van der Waals surface area (Å²) in [7, 11) is -2.99. The van der Waals surface area contributed by atoms with Gasteiger partial charge in [0.05, 0.1) is 21.6 Å². The number of phenols is 1. The second-order valence-electron chi connectivity index (χ2n) is 4.81. The Morgan fingerprint density at radius 1 is 1.35 bits per heavy atom. The number of sulfone groups is 1. The van der Waals surface area contributed by atoms with Crippen LogP contribution in [0.25, 0.3) is 0 Å². The molecule has 0 radical (unpaired) electrons. The van der Waals surface area contributed by atoms with Gasteiger partial charge in [-0.1, -0.05) is 23.2 Å². The van der Waals surface area contributed by atoms with E-state index in [2.05, 4.69) is 5.32 Å². The van der Waals surface area contributed by atoms with Crippen LogP contribution in [0.1, 0.15) is 12.8 Å². The molecular weight excluding hydrogens is 325 g/mol. The quantitative estimate of drug-likeness (QED) is 0.830. The standard InChI is InChI=1S/C12H13Cl2NO4S/c13-9-4-8(5-10(14)12(9)17)15-11(16)3-7-1-2-20(18,19)6-7/h4-5,7,17H,1-3,6H2,(H,15,16). The maximum absolute atomic E-state index is 11.8. The van der Waals surface area contributed by atoms with E-state index in [1.807, 2.05) is 0 Å². The summed E-state index contributed by atoms with van der Waals surface area (Å²) in [4.78, 5) is 11.8. The van der Waals surface area contributed by atoms with Crippen LogP contribution in [0.3, 0.4) is 0 Å². The van der Waals surface area contributed by atoms with Crippen LogP contribution in [0.2, 0.25) is 10.0 Å². The first-order valence-electron chi connectivity index (χ1n) is 5.95. The molecule has 1 saturated heterocycles. The minimum atomic E-state index is -2.99. The molecule has 0 saturated carbocycles. The number of rotatable bonds is 3. The Balaban J connectivity index is 1.99. The maximum atomic E-state index is 11.8. The lowest BCUT2D eigenvalue weighted by atomic mass is 10.1. The number of anilines is 1. The van der Waals surface area contributed by atoms with Crippen LogP contribution >= 0.6 is 23.2 Å². The largest absolute Gasteiger partial charge is 0.505 e. The molecule has 1 heterocycles. The number of carbonyl (C=O) groups excluding carboxylic acids is 1. The van der Waals surface area contributed by atoms with Crippen molar-refractivity contribution < 1.29 is 18.3 Å². The minimum absolute atomic E-state index is 0.0382. The molecular formula is C12H13Cl2NO4S. The smallest absolute Gasteiger partial charge is 0.224 e. The van der Waals surface area contributed by atoms with Crippen LogP contribution in [0.4, 0.5) is 5.69 Å². The zero-order valence-electron chi connectivity index (χ0n) is 10.4. The van der Waals surface area contributed by atoms with E-state index in [9.17, 15) is 18.3 Å². The first-order valence-corrected chi connectivity index (χ1v) is 8.53. The van der Waals surface area contributed by atoms with Gasteiger partial charge in [0, 0.05) is 12.1 Å². The number of amides is 1. The summed E-state index contributed by atoms with van der Waals surface area (Å²) < 4.78 is 22.6. The molecule has 1 aliphatic rings. The van der Waals surface area contributed by atoms with E-state index in [4.69, 9.17) is 23.2 Å². The molecule has 0 aliphatic carbocycles. The van der Waals surface area contributed by atoms with Gasteiger partial charge in [0.1, 0.15) is 0 Å². The van der Waals surface area contributed by atoms with Crippen LogP contribution in [0.5, 0.6) is 5.75 Å². The average Bonchev–Trinajstić information content (AvgIpc) is 2.65. The summed E-state index contributed by atoms with van der Waals surface area (Å²) >= 11 is 11.5. The lowest BCUT2D eigenvalue weighted by molar-refractivity contribution is -0.116. The van der Waals surface area contributed by atoms with Gasteiger partial charge < -0.3 is 10.4 Å². The van der Waals surface area contributed by atoms with Crippen molar-refractivity contribution in [2.45, 2.75) is 12.8 Å². The van der Waals surface area contributed by atoms with Crippen molar-refractivity contribution >= 4 is 44.6 Å². The van der Waals surface area contributed by atoms with Crippen molar-refractivity contribution in [1.82, 2.24) is 0 Å². The third kappa shape index (κ3) is 3.77. The van der Waals surface area contributed by atoms with Gasteiger partial charge in [0.25, 0.3) is 0 Å². The van der Waals surface area contributed by atoms with E-state index < -0.39 is 9.84 Å². The topological polar surface area (TPSA) is 83.5 Å². The molecule has 1 aromatic rings. The molecule has 110 valence electrons. The number of halogens is 2. The van der Waals surface area contributed by atoms with Crippen LogP contribution in [0, 0.1) is 5.92 Å². The SMILES string of the molecule is O=C(CC1CCS(=O)(=O)C1)Nc1cc(Cl)c(O)c(Cl)c1. The molecule has 1 aliphatic heterocycles. The van der Waals surface area contributed by atoms with E-state index in [0.717, 1.165) is 0 Å². The van der Waals surface area contributed by atoms with Gasteiger partial charge in [-0.3, -0.25) is 4.79 Å². The molecule has 0 spiro atoms. The fourth-order valence-corrected chi connectivity index (χ4v) is 4.49. The highest BCUT2D eigenvalue weighted by Crippen LogP contribution is 2.34. The normalized spacial score (nSPS) is 20.8. The van der Waals surface area contributed by atoms with Crippen molar-refractivity contribution in [2.24, 2.45) is 5.92 Å². The third-order valence-electron chi connectivity index (χ3n) is 3.10. The first-order chi connectivity index (χ1) is 9.27. The van der Waals surface area contributed by atoms with Crippen molar-refractivity contribution in [3.8, 4) is 5.75 Å². The number of hydrogen-bond acceptors (Lipinski definition) is 4. The summed E-state index contributed by atoms with van der Waals surface area (Å²) in [6, 6.07) is 2.76. The van der Waals surface area contributed by atoms with Crippen LogP contribution < -0.4 is 5.32 Å². The Morgan fingerprint density at radius 2 is 1.95 bits per heavy atom. The van der Waals surface area contributed by atoms with Gasteiger partial charge in [-0.05, 0) is 24.5 Å². The van der Waals surface area contributed by atoms with Crippen LogP contribution in [-0.2, 0) is 14.6 Å². The number of hydrogen-bond donors (Lipinski definition) is 2. The molecule has 20 heavy (non-hydrogen) atoms. The molecule has 1 fully saturated rings. The summed E-state index contributed by atoms with van der Waals surface area (Å²) in [6.07, 6.45) is 0.641. The zero-order valence-corrected chi connectivity index (χ0v) is 12.7. The zero-order chi connectivity index (χ0) is 14.9. The number of carbonyl (C=O) groups is 1. The summed E-state index contributed by atoms with van der Waals surface area (Å²) in [5.74, 6) is -0.500. The van der Waals surface area contributed by atoms with E-state index in [0.29, 0.717) is 12.1 Å². The highest BCUT2D eigenvalue weighted by Gasteiger charge is 2.29. The van der Waals surface area contributed by atoms with Gasteiger partial charge in [0.15, 0.2) is 15.6 Å². The van der Waals surface area contributed by atoms with Crippen molar-refractivity contribution in [3.05, 3.63) is 22.2 Å². The molecule has 1 atom stereocenters. The van der Waals surface area contributed by atoms with Crippen molar-refractivity contribution in [3.63, 3.8) is 0 Å². The Hall–Kier alpha value is -0.980. The van der Waals surface area contributed by atoms with Crippen molar-refractivity contribution in [1.29, 1.82) is 0 Å². The molecule has 5 nitrogen and oxygen atoms in total. The minimum Gasteiger partial charge on any atom is -0.505 e. The number of benzene rings is 1. The van der Waals surface area contributed by atoms with Gasteiger partial charge in [-0.2, -0.15) is 0 Å². The van der Waals surface area contributed by atoms with Gasteiger partial charge in [-0.15, -0.1) is 0 Å². The Labute approximate surface area is 126 Å². The number of nitrogens with one attached hydrogen (secondary N) is 1. The molecule has 0 bridgehead atoms. The van der Waals surface area contributed by atoms with E-state index >= 15 is 0 Å². The summed E-state index contributed by atoms with van der Waals surface area (Å²) in [5, 5.41) is 12.1. The first kappa shape index (κ1) is 15.4. The lowest BCUT2D eigenvalue weighted by Gasteiger charge is -2.10. The van der Waals surface area contributed by atoms with Gasteiger partial charge >= 0.3 is 0 Å². The van der Waals surface area contributed by atoms with E-state index in [1.165, 1.54) is 12.1 Å². The fourth-order valence-electron chi connectivity index (χ4n) is 2.14. The fraction of sp³-hybridized carbons (Fsp3) is 0.417. The average molecular weight is 338 g/mol. The lowest BCUT2D eigenvalue weighted by Crippen LogP contribution is -2.17. The van der Waals surface area contributed by atoms with Crippen LogP contribution in [-0.4, -0.2) is 30.9 Å². The van der Waals surface area contributed by atoms with Gasteiger partial charge in [-0.25, -0.2) is 8.42 Å². The Morgan fingerprint density at radius 3 is 2.45 bits per heavy atom. The summed E-state index contributed by atoms with van der Waals surface area (Å²) in [6.45, 7) is 0. The highest BCUT2D eigenvalue weighted by molar-refractivity contribution is 7.91. The number of phenolic OH excluding ortho intramolecular Hbond substituents is 1. The molecule has 2 N–H and O–H groups in total. The molecule has 2 rings (SSSR count). The van der Waals surface area contributed by atoms with Gasteiger partial charge in [0.2, 0.25) is 5.91 Å². The Kier molecular flexibility index (Phi) is 4.46. The maximum Gasteiger partial charge on any atom is 0.224 e. The predicted octanol–water partition coefficient (Wildman–Crippen LogP) is 2.46. The molecule has 1 aromatic carbocycles. The molecule has 8 heteroatoms. The summed E-state index contributed by atoms with van der Waals surface area (Å²) in [5.41, 5.74) is 0.364. The molecule has 0 aromatic heterocycles. The third-order valence-corrected chi connectivity index (χ3v) is 5.51. The molecule has 1 unspecified atom stereocenters. The predicted molar refractivity (Wildman–Crippen MR) is 78.1 cm³/mol. The van der Waals surface area contributed by atoms with E-state index in [1.54, 1.807) is 0 Å². The molecule has 1 amide bonds. The monoisotopic (exact) mass is 337 g/mol. The van der Waals surface area contributed by atoms with Crippen molar-refractivity contribution in [2.75, 3.05) is 16.8 Å². The van der Waals surface area contributed by atoms with Crippen LogP contribution in [0.15, 0.2) is 12.1 Å². The Bertz CT molecular complexity index is 622. The van der Waals surface area contributed by atoms with E-state index in [-0.39, 0.29) is 45.5 Å².